The van der Waals surface area contributed by atoms with Gasteiger partial charge in [-0.3, -0.25) is 0 Å². The Balaban J connectivity index is 0.00000650. The molecular formula is C40H50ClKN2O8S2. The molecule has 0 atom stereocenters. The van der Waals surface area contributed by atoms with Crippen LogP contribution in [0.25, 0.3) is 0 Å². The van der Waals surface area contributed by atoms with Crippen molar-refractivity contribution in [3.8, 4) is 11.5 Å². The molecule has 288 valence electrons. The molecule has 2 aromatic carbocycles. The maximum atomic E-state index is 11.5. The number of methoxy groups -OCH3 is 2. The van der Waals surface area contributed by atoms with Crippen molar-refractivity contribution in [3.63, 3.8) is 0 Å². The van der Waals surface area contributed by atoms with Gasteiger partial charge in [0.1, 0.15) is 18.0 Å². The zero-order chi connectivity index (χ0) is 39.1. The average molecular weight is 826 g/mol. The molecular weight excluding hydrogens is 775 g/mol. The number of anilines is 1. The molecule has 2 aliphatic heterocycles. The van der Waals surface area contributed by atoms with E-state index < -0.39 is 42.6 Å². The molecule has 0 amide bonds. The molecule has 2 aromatic rings. The van der Waals surface area contributed by atoms with Crippen LogP contribution >= 0.6 is 11.6 Å². The minimum Gasteiger partial charge on any atom is -0.748 e. The molecule has 0 bridgehead atoms. The van der Waals surface area contributed by atoms with Gasteiger partial charge >= 0.3 is 51.4 Å². The van der Waals surface area contributed by atoms with Gasteiger partial charge in [0.05, 0.1) is 39.9 Å². The molecule has 3 aliphatic rings. The van der Waals surface area contributed by atoms with Crippen LogP contribution in [0, 0.1) is 13.8 Å². The first-order chi connectivity index (χ1) is 24.7. The van der Waals surface area contributed by atoms with Gasteiger partial charge in [0.25, 0.3) is 0 Å². The fraction of sp³-hybridized carbons (Fsp3) is 0.475. The topological polar surface area (TPSA) is 139 Å². The Hall–Kier alpha value is -1.78. The largest absolute Gasteiger partial charge is 1.00 e. The van der Waals surface area contributed by atoms with Crippen LogP contribution in [-0.4, -0.2) is 75.0 Å². The summed E-state index contributed by atoms with van der Waals surface area (Å²) in [5.74, 6) is 0.637. The van der Waals surface area contributed by atoms with Gasteiger partial charge < -0.3 is 23.5 Å². The van der Waals surface area contributed by atoms with Gasteiger partial charge in [-0.15, -0.1) is 0 Å². The van der Waals surface area contributed by atoms with Crippen LogP contribution < -0.4 is 65.8 Å². The van der Waals surface area contributed by atoms with E-state index in [0.29, 0.717) is 18.1 Å². The van der Waals surface area contributed by atoms with E-state index >= 15 is 0 Å². The maximum Gasteiger partial charge on any atom is 1.00 e. The summed E-state index contributed by atoms with van der Waals surface area (Å²) in [6.07, 6.45) is 11.0. The monoisotopic (exact) mass is 824 g/mol. The molecule has 14 heteroatoms. The van der Waals surface area contributed by atoms with E-state index in [2.05, 4.69) is 49.3 Å². The van der Waals surface area contributed by atoms with Gasteiger partial charge in [0, 0.05) is 64.0 Å². The second-order valence-electron chi connectivity index (χ2n) is 15.1. The standard InChI is InChI=1S/C40H51ClN2O8S2.K/c1-26-22-32-30(24-34(26)50-7)39(3,4)36(42(32)18-10-20-52(44,45)46)16-14-28-12-9-13-29(38(28)41)15-17-37-40(5,6)31-25-35(51-8)27(2)23-33(31)43(37)19-11-21-53(47,48)49;/h14-17,22-25H,9-13,18-21H2,1-8H3,(H-,44,45,46,47,48,49);/q;+1/p-1. The number of nitrogens with zero attached hydrogens (tertiary/aromatic N) is 2. The van der Waals surface area contributed by atoms with Crippen LogP contribution in [0.1, 0.15) is 82.1 Å². The maximum absolute atomic E-state index is 11.5. The van der Waals surface area contributed by atoms with Gasteiger partial charge in [0.15, 0.2) is 5.71 Å². The summed E-state index contributed by atoms with van der Waals surface area (Å²) in [7, 11) is -5.44. The number of allylic oxidation sites excluding steroid dienone is 8. The zero-order valence-electron chi connectivity index (χ0n) is 32.8. The summed E-state index contributed by atoms with van der Waals surface area (Å²) in [6.45, 7) is 13.1. The molecule has 0 aromatic heterocycles. The molecule has 0 spiro atoms. The molecule has 0 fully saturated rings. The molecule has 0 radical (unpaired) electrons. The fourth-order valence-electron chi connectivity index (χ4n) is 7.89. The molecule has 0 unspecified atom stereocenters. The van der Waals surface area contributed by atoms with Crippen molar-refractivity contribution in [1.82, 2.24) is 0 Å². The van der Waals surface area contributed by atoms with Gasteiger partial charge in [-0.1, -0.05) is 37.6 Å². The molecule has 0 N–H and O–H groups in total. The van der Waals surface area contributed by atoms with Crippen molar-refractivity contribution in [2.75, 3.05) is 43.7 Å². The minimum atomic E-state index is -4.36. The predicted octanol–water partition coefficient (Wildman–Crippen LogP) is 4.41. The second kappa shape index (κ2) is 17.4. The smallest absolute Gasteiger partial charge is 0.748 e. The van der Waals surface area contributed by atoms with Crippen molar-refractivity contribution < 1.29 is 91.4 Å². The van der Waals surface area contributed by atoms with Crippen molar-refractivity contribution in [1.29, 1.82) is 0 Å². The normalized spacial score (nSPS) is 19.5. The third kappa shape index (κ3) is 9.66. The SMILES string of the molecule is COc1cc2c(cc1C)[N+](CCCS(=O)(=O)[O-])=C(/C=C/C1=C(Cl)C(=C/C=C3\N(CCCS(=O)(=O)[O-])c4cc(C)c(OC)cc4C3(C)C)/CCC1)C2(C)C.[K+]. The van der Waals surface area contributed by atoms with Crippen LogP contribution in [0.15, 0.2) is 70.4 Å². The quantitative estimate of drug-likeness (QED) is 0.163. The summed E-state index contributed by atoms with van der Waals surface area (Å²) in [5.41, 5.74) is 8.89. The second-order valence-corrected chi connectivity index (χ2v) is 18.5. The third-order valence-electron chi connectivity index (χ3n) is 10.7. The summed E-state index contributed by atoms with van der Waals surface area (Å²) in [6, 6.07) is 8.17. The van der Waals surface area contributed by atoms with Crippen LogP contribution in [0.2, 0.25) is 0 Å². The van der Waals surface area contributed by atoms with Crippen LogP contribution in [0.4, 0.5) is 11.4 Å². The number of halogens is 1. The molecule has 54 heavy (non-hydrogen) atoms. The Morgan fingerprint density at radius 2 is 1.43 bits per heavy atom. The molecule has 2 heterocycles. The van der Waals surface area contributed by atoms with Crippen molar-refractivity contribution in [3.05, 3.63) is 92.7 Å². The van der Waals surface area contributed by atoms with E-state index in [1.54, 1.807) is 14.2 Å². The Morgan fingerprint density at radius 1 is 0.833 bits per heavy atom. The van der Waals surface area contributed by atoms with Gasteiger partial charge in [-0.2, -0.15) is 4.58 Å². The van der Waals surface area contributed by atoms with Crippen molar-refractivity contribution in [2.45, 2.75) is 84.5 Å². The zero-order valence-corrected chi connectivity index (χ0v) is 38.3. The van der Waals surface area contributed by atoms with E-state index in [9.17, 15) is 25.9 Å². The number of aryl methyl sites for hydroxylation is 2. The number of fused-ring (bicyclic) bond motifs is 2. The number of rotatable bonds is 13. The summed E-state index contributed by atoms with van der Waals surface area (Å²) < 4.78 is 82.3. The van der Waals surface area contributed by atoms with Gasteiger partial charge in [-0.05, 0) is 105 Å². The third-order valence-corrected chi connectivity index (χ3v) is 12.8. The predicted molar refractivity (Wildman–Crippen MR) is 209 cm³/mol. The number of hydrogen-bond acceptors (Lipinski definition) is 9. The van der Waals surface area contributed by atoms with Crippen molar-refractivity contribution >= 4 is 48.9 Å². The Bertz CT molecular complexity index is 2190. The summed E-state index contributed by atoms with van der Waals surface area (Å²) >= 11 is 7.16. The minimum absolute atomic E-state index is 0. The molecule has 0 saturated carbocycles. The first-order valence-electron chi connectivity index (χ1n) is 17.9. The summed E-state index contributed by atoms with van der Waals surface area (Å²) in [4.78, 5) is 2.10. The first-order valence-corrected chi connectivity index (χ1v) is 21.4. The molecule has 10 nitrogen and oxygen atoms in total. The summed E-state index contributed by atoms with van der Waals surface area (Å²) in [5, 5.41) is 0.662. The number of ether oxygens (including phenoxy) is 2. The van der Waals surface area contributed by atoms with Crippen LogP contribution in [-0.2, 0) is 31.1 Å². The fourth-order valence-corrected chi connectivity index (χ4v) is 9.17. The van der Waals surface area contributed by atoms with Crippen LogP contribution in [0.5, 0.6) is 11.5 Å². The molecule has 0 saturated heterocycles. The first kappa shape index (κ1) is 44.9. The Kier molecular flexibility index (Phi) is 14.5. The van der Waals surface area contributed by atoms with E-state index in [1.807, 2.05) is 50.3 Å². The van der Waals surface area contributed by atoms with E-state index in [1.165, 1.54) is 0 Å². The van der Waals surface area contributed by atoms with Gasteiger partial charge in [-0.25, -0.2) is 16.8 Å². The Labute approximate surface area is 369 Å². The number of benzene rings is 2. The molecule has 1 aliphatic carbocycles. The van der Waals surface area contributed by atoms with Crippen molar-refractivity contribution in [2.24, 2.45) is 0 Å². The average Bonchev–Trinajstić information content (AvgIpc) is 3.38. The Morgan fingerprint density at radius 3 is 2.04 bits per heavy atom. The van der Waals surface area contributed by atoms with E-state index in [4.69, 9.17) is 21.1 Å². The van der Waals surface area contributed by atoms with Crippen LogP contribution in [0.3, 0.4) is 0 Å². The van der Waals surface area contributed by atoms with Gasteiger partial charge in [0.2, 0.25) is 5.69 Å². The van der Waals surface area contributed by atoms with E-state index in [0.717, 1.165) is 86.9 Å². The molecule has 5 rings (SSSR count). The number of hydrogen-bond donors (Lipinski definition) is 0. The van der Waals surface area contributed by atoms with E-state index in [-0.39, 0.29) is 64.2 Å².